The van der Waals surface area contributed by atoms with Crippen LogP contribution in [0.4, 0.5) is 11.4 Å². The molecule has 0 atom stereocenters. The lowest BCUT2D eigenvalue weighted by atomic mass is 10.2. The molecular weight excluding hydrogens is 498 g/mol. The number of sulfonamides is 1. The van der Waals surface area contributed by atoms with Gasteiger partial charge in [0, 0.05) is 45.3 Å². The largest absolute Gasteiger partial charge is 0.495 e. The van der Waals surface area contributed by atoms with Crippen LogP contribution in [0.25, 0.3) is 10.9 Å². The lowest BCUT2D eigenvalue weighted by Crippen LogP contribution is -2.48. The van der Waals surface area contributed by atoms with Crippen molar-refractivity contribution in [2.75, 3.05) is 62.3 Å². The number of fused-ring (bicyclic) bond motifs is 1. The second kappa shape index (κ2) is 11.3. The highest BCUT2D eigenvalue weighted by Crippen LogP contribution is 2.30. The summed E-state index contributed by atoms with van der Waals surface area (Å²) in [7, 11) is -1.95. The van der Waals surface area contributed by atoms with Gasteiger partial charge in [0.25, 0.3) is 5.56 Å². The monoisotopic (exact) mass is 531 g/mol. The third-order valence-corrected chi connectivity index (χ3v) is 6.87. The van der Waals surface area contributed by atoms with Crippen LogP contribution in [0.2, 0.25) is 0 Å². The first-order chi connectivity index (χ1) is 17.7. The lowest BCUT2D eigenvalue weighted by Gasteiger charge is -2.36. The molecule has 0 aliphatic carbocycles. The number of H-pyrrole nitrogens is 1. The molecular formula is C25H33N5O6S. The van der Waals surface area contributed by atoms with E-state index in [2.05, 4.69) is 19.5 Å². The van der Waals surface area contributed by atoms with E-state index in [0.717, 1.165) is 48.4 Å². The molecule has 0 saturated carbocycles. The molecule has 0 bridgehead atoms. The molecule has 11 nitrogen and oxygen atoms in total. The molecule has 1 saturated heterocycles. The van der Waals surface area contributed by atoms with Gasteiger partial charge in [-0.05, 0) is 24.6 Å². The van der Waals surface area contributed by atoms with E-state index in [1.54, 1.807) is 7.11 Å². The van der Waals surface area contributed by atoms with Gasteiger partial charge in [-0.2, -0.15) is 0 Å². The van der Waals surface area contributed by atoms with Gasteiger partial charge >= 0.3 is 5.69 Å². The van der Waals surface area contributed by atoms with Crippen LogP contribution in [0.15, 0.2) is 46.0 Å². The summed E-state index contributed by atoms with van der Waals surface area (Å²) < 4.78 is 38.4. The molecule has 2 aromatic carbocycles. The van der Waals surface area contributed by atoms with Crippen molar-refractivity contribution in [1.29, 1.82) is 0 Å². The van der Waals surface area contributed by atoms with Crippen LogP contribution in [0.5, 0.6) is 11.5 Å². The number of hydrogen-bond acceptors (Lipinski definition) is 8. The van der Waals surface area contributed by atoms with Gasteiger partial charge in [-0.1, -0.05) is 19.1 Å². The molecule has 37 heavy (non-hydrogen) atoms. The van der Waals surface area contributed by atoms with E-state index >= 15 is 0 Å². The maximum atomic E-state index is 13.3. The second-order valence-electron chi connectivity index (χ2n) is 9.00. The maximum absolute atomic E-state index is 13.3. The minimum absolute atomic E-state index is 0.159. The Hall–Kier alpha value is -3.51. The first-order valence-corrected chi connectivity index (χ1v) is 14.1. The number of aromatic nitrogens is 2. The maximum Gasteiger partial charge on any atom is 0.328 e. The highest BCUT2D eigenvalue weighted by atomic mass is 32.2. The molecule has 2 heterocycles. The average molecular weight is 532 g/mol. The van der Waals surface area contributed by atoms with E-state index in [4.69, 9.17) is 9.47 Å². The fourth-order valence-electron chi connectivity index (χ4n) is 4.44. The van der Waals surface area contributed by atoms with Crippen LogP contribution in [0, 0.1) is 0 Å². The molecule has 0 radical (unpaired) electrons. The highest BCUT2D eigenvalue weighted by molar-refractivity contribution is 7.92. The van der Waals surface area contributed by atoms with Crippen molar-refractivity contribution in [2.45, 2.75) is 19.9 Å². The van der Waals surface area contributed by atoms with Crippen molar-refractivity contribution >= 4 is 32.3 Å². The zero-order valence-electron chi connectivity index (χ0n) is 21.3. The quantitative estimate of drug-likeness (QED) is 0.405. The van der Waals surface area contributed by atoms with Crippen LogP contribution in [0.3, 0.4) is 0 Å². The molecule has 3 aromatic rings. The third-order valence-electron chi connectivity index (χ3n) is 6.28. The number of methoxy groups -OCH3 is 1. The topological polar surface area (TPSA) is 126 Å². The SMILES string of the molecule is CCCOc1cc2[nH]c(=O)n(CCN3CCN(c4ccccc4OC)CC3)c(=O)c2cc1NS(C)(=O)=O. The zero-order valence-corrected chi connectivity index (χ0v) is 22.1. The molecule has 1 aromatic heterocycles. The standard InChI is InChI=1S/C25H33N5O6S/c1-4-15-36-23-17-19-18(16-20(23)27-37(3,33)34)24(31)30(25(32)26-19)14-11-28-9-12-29(13-10-28)21-7-5-6-8-22(21)35-2/h5-8,16-17,27H,4,9-15H2,1-3H3,(H,26,32). The van der Waals surface area contributed by atoms with Crippen LogP contribution in [-0.2, 0) is 16.6 Å². The number of piperazine rings is 1. The highest BCUT2D eigenvalue weighted by Gasteiger charge is 2.20. The van der Waals surface area contributed by atoms with Crippen molar-refractivity contribution in [2.24, 2.45) is 0 Å². The van der Waals surface area contributed by atoms with E-state index in [-0.39, 0.29) is 23.4 Å². The second-order valence-corrected chi connectivity index (χ2v) is 10.8. The van der Waals surface area contributed by atoms with Gasteiger partial charge in [0.15, 0.2) is 0 Å². The van der Waals surface area contributed by atoms with Crippen LogP contribution in [-0.4, -0.2) is 75.6 Å². The Morgan fingerprint density at radius 3 is 2.43 bits per heavy atom. The van der Waals surface area contributed by atoms with E-state index in [1.807, 2.05) is 31.2 Å². The molecule has 200 valence electrons. The van der Waals surface area contributed by atoms with Crippen LogP contribution >= 0.6 is 0 Å². The minimum atomic E-state index is -3.61. The Balaban J connectivity index is 1.52. The molecule has 0 amide bonds. The van der Waals surface area contributed by atoms with Crippen LogP contribution in [0.1, 0.15) is 13.3 Å². The summed E-state index contributed by atoms with van der Waals surface area (Å²) in [5.41, 5.74) is 0.501. The number of anilines is 2. The summed E-state index contributed by atoms with van der Waals surface area (Å²) in [5.74, 6) is 1.08. The normalized spacial score (nSPS) is 14.6. The number of nitrogens with one attached hydrogen (secondary N) is 2. The fourth-order valence-corrected chi connectivity index (χ4v) is 5.00. The van der Waals surface area contributed by atoms with Gasteiger partial charge in [0.05, 0.1) is 42.3 Å². The van der Waals surface area contributed by atoms with Gasteiger partial charge in [-0.15, -0.1) is 0 Å². The Kier molecular flexibility index (Phi) is 8.08. The van der Waals surface area contributed by atoms with Crippen molar-refractivity contribution in [3.8, 4) is 11.5 Å². The number of aromatic amines is 1. The molecule has 0 unspecified atom stereocenters. The molecule has 12 heteroatoms. The first-order valence-electron chi connectivity index (χ1n) is 12.2. The van der Waals surface area contributed by atoms with Gasteiger partial charge in [-0.25, -0.2) is 13.2 Å². The molecule has 4 rings (SSSR count). The van der Waals surface area contributed by atoms with Crippen molar-refractivity contribution in [1.82, 2.24) is 14.5 Å². The molecule has 2 N–H and O–H groups in total. The van der Waals surface area contributed by atoms with E-state index in [1.165, 1.54) is 12.1 Å². The fraction of sp³-hybridized carbons (Fsp3) is 0.440. The van der Waals surface area contributed by atoms with Gasteiger partial charge in [-0.3, -0.25) is 19.0 Å². The number of para-hydroxylation sites is 2. The predicted molar refractivity (Wildman–Crippen MR) is 145 cm³/mol. The smallest absolute Gasteiger partial charge is 0.328 e. The number of rotatable bonds is 10. The minimum Gasteiger partial charge on any atom is -0.495 e. The number of benzene rings is 2. The Bertz CT molecular complexity index is 1480. The third kappa shape index (κ3) is 6.25. The lowest BCUT2D eigenvalue weighted by molar-refractivity contribution is 0.245. The van der Waals surface area contributed by atoms with Crippen molar-refractivity contribution < 1.29 is 17.9 Å². The summed E-state index contributed by atoms with van der Waals surface area (Å²) >= 11 is 0. The van der Waals surface area contributed by atoms with Crippen molar-refractivity contribution in [3.63, 3.8) is 0 Å². The molecule has 0 spiro atoms. The predicted octanol–water partition coefficient (Wildman–Crippen LogP) is 1.68. The first kappa shape index (κ1) is 26.6. The molecule has 1 aliphatic rings. The van der Waals surface area contributed by atoms with E-state index in [0.29, 0.717) is 25.1 Å². The van der Waals surface area contributed by atoms with Gasteiger partial charge in [0.1, 0.15) is 11.5 Å². The van der Waals surface area contributed by atoms with E-state index in [9.17, 15) is 18.0 Å². The van der Waals surface area contributed by atoms with Crippen LogP contribution < -0.4 is 30.3 Å². The summed E-state index contributed by atoms with van der Waals surface area (Å²) in [5, 5.41) is 0.204. The van der Waals surface area contributed by atoms with Crippen molar-refractivity contribution in [3.05, 3.63) is 57.2 Å². The van der Waals surface area contributed by atoms with Gasteiger partial charge in [0.2, 0.25) is 10.0 Å². The van der Waals surface area contributed by atoms with E-state index < -0.39 is 21.3 Å². The Morgan fingerprint density at radius 1 is 1.03 bits per heavy atom. The number of nitrogens with zero attached hydrogens (tertiary/aromatic N) is 3. The summed E-state index contributed by atoms with van der Waals surface area (Å²) in [6.07, 6.45) is 1.74. The summed E-state index contributed by atoms with van der Waals surface area (Å²) in [4.78, 5) is 33.3. The molecule has 1 fully saturated rings. The van der Waals surface area contributed by atoms with Gasteiger partial charge < -0.3 is 19.4 Å². The Morgan fingerprint density at radius 2 is 1.76 bits per heavy atom. The molecule has 1 aliphatic heterocycles. The number of hydrogen-bond donors (Lipinski definition) is 2. The summed E-state index contributed by atoms with van der Waals surface area (Å²) in [6.45, 7) is 6.16. The number of ether oxygens (including phenoxy) is 2. The average Bonchev–Trinajstić information content (AvgIpc) is 2.87. The Labute approximate surface area is 215 Å². The zero-order chi connectivity index (χ0) is 26.6. The summed E-state index contributed by atoms with van der Waals surface area (Å²) in [6, 6.07) is 10.8.